The Bertz CT molecular complexity index is 719. The Hall–Kier alpha value is -2.47. The number of amides is 1. The number of hydrogen-bond acceptors (Lipinski definition) is 4. The van der Waals surface area contributed by atoms with Gasteiger partial charge in [-0.15, -0.1) is 11.3 Å². The molecule has 0 aliphatic carbocycles. The standard InChI is InChI=1S/C15H14N2O3S/c1-9-7-12(5-3-11(9)4-6-14(18)19)17-15(20)13-8-16-10(2)21-13/h3-8H,1-2H3,(H,17,20)(H,18,19)/b6-4+. The molecule has 0 atom stereocenters. The van der Waals surface area contributed by atoms with E-state index in [1.54, 1.807) is 24.4 Å². The highest BCUT2D eigenvalue weighted by Gasteiger charge is 2.09. The highest BCUT2D eigenvalue weighted by Crippen LogP contribution is 2.19. The summed E-state index contributed by atoms with van der Waals surface area (Å²) in [5.41, 5.74) is 2.34. The minimum Gasteiger partial charge on any atom is -0.478 e. The number of carboxylic acids is 1. The predicted octanol–water partition coefficient (Wildman–Crippen LogP) is 3.11. The van der Waals surface area contributed by atoms with Gasteiger partial charge in [0, 0.05) is 11.8 Å². The van der Waals surface area contributed by atoms with Gasteiger partial charge in [0.05, 0.1) is 11.2 Å². The second kappa shape index (κ2) is 6.32. The molecule has 5 nitrogen and oxygen atoms in total. The van der Waals surface area contributed by atoms with Gasteiger partial charge in [-0.2, -0.15) is 0 Å². The van der Waals surface area contributed by atoms with Gasteiger partial charge >= 0.3 is 5.97 Å². The van der Waals surface area contributed by atoms with Crippen molar-refractivity contribution in [2.45, 2.75) is 13.8 Å². The zero-order valence-electron chi connectivity index (χ0n) is 11.6. The van der Waals surface area contributed by atoms with Crippen molar-refractivity contribution in [2.75, 3.05) is 5.32 Å². The van der Waals surface area contributed by atoms with Crippen molar-refractivity contribution in [1.82, 2.24) is 4.98 Å². The van der Waals surface area contributed by atoms with Crippen LogP contribution in [-0.2, 0) is 4.79 Å². The summed E-state index contributed by atoms with van der Waals surface area (Å²) in [6, 6.07) is 5.30. The molecule has 2 rings (SSSR count). The Kier molecular flexibility index (Phi) is 4.49. The van der Waals surface area contributed by atoms with Crippen LogP contribution >= 0.6 is 11.3 Å². The number of nitrogens with zero attached hydrogens (tertiary/aromatic N) is 1. The number of aliphatic carboxylic acids is 1. The average Bonchev–Trinajstić information content (AvgIpc) is 2.84. The second-order valence-corrected chi connectivity index (χ2v) is 5.68. The van der Waals surface area contributed by atoms with Crippen molar-refractivity contribution in [2.24, 2.45) is 0 Å². The van der Waals surface area contributed by atoms with Crippen molar-refractivity contribution in [1.29, 1.82) is 0 Å². The molecule has 0 radical (unpaired) electrons. The van der Waals surface area contributed by atoms with Gasteiger partial charge in [0.25, 0.3) is 5.91 Å². The maximum atomic E-state index is 12.0. The molecular weight excluding hydrogens is 288 g/mol. The zero-order chi connectivity index (χ0) is 15.4. The van der Waals surface area contributed by atoms with Crippen LogP contribution in [0, 0.1) is 13.8 Å². The predicted molar refractivity (Wildman–Crippen MR) is 82.7 cm³/mol. The fourth-order valence-corrected chi connectivity index (χ4v) is 2.43. The average molecular weight is 302 g/mol. The lowest BCUT2D eigenvalue weighted by Gasteiger charge is -2.06. The van der Waals surface area contributed by atoms with Crippen LogP contribution in [0.15, 0.2) is 30.5 Å². The Labute approximate surface area is 126 Å². The van der Waals surface area contributed by atoms with Crippen LogP contribution in [0.1, 0.15) is 25.8 Å². The Balaban J connectivity index is 2.13. The number of anilines is 1. The number of aryl methyl sites for hydroxylation is 2. The van der Waals surface area contributed by atoms with Gasteiger partial charge in [-0.25, -0.2) is 9.78 Å². The molecule has 2 N–H and O–H groups in total. The van der Waals surface area contributed by atoms with Crippen molar-refractivity contribution in [3.63, 3.8) is 0 Å². The van der Waals surface area contributed by atoms with Crippen LogP contribution in [0.3, 0.4) is 0 Å². The molecule has 2 aromatic rings. The molecule has 21 heavy (non-hydrogen) atoms. The molecule has 0 aliphatic rings. The van der Waals surface area contributed by atoms with E-state index in [4.69, 9.17) is 5.11 Å². The fraction of sp³-hybridized carbons (Fsp3) is 0.133. The number of carbonyl (C=O) groups is 2. The molecule has 6 heteroatoms. The monoisotopic (exact) mass is 302 g/mol. The molecule has 0 saturated heterocycles. The molecule has 0 spiro atoms. The van der Waals surface area contributed by atoms with Crippen LogP contribution in [0.5, 0.6) is 0 Å². The summed E-state index contributed by atoms with van der Waals surface area (Å²) in [4.78, 5) is 27.1. The van der Waals surface area contributed by atoms with Gasteiger partial charge in [-0.05, 0) is 43.2 Å². The number of aromatic nitrogens is 1. The number of benzene rings is 1. The summed E-state index contributed by atoms with van der Waals surface area (Å²) >= 11 is 1.33. The van der Waals surface area contributed by atoms with Crippen molar-refractivity contribution in [3.8, 4) is 0 Å². The molecule has 0 saturated carbocycles. The number of rotatable bonds is 4. The normalized spacial score (nSPS) is 10.8. The van der Waals surface area contributed by atoms with Gasteiger partial charge in [0.2, 0.25) is 0 Å². The first kappa shape index (κ1) is 14.9. The quantitative estimate of drug-likeness (QED) is 0.850. The third-order valence-corrected chi connectivity index (χ3v) is 3.69. The maximum Gasteiger partial charge on any atom is 0.328 e. The topological polar surface area (TPSA) is 79.3 Å². The van der Waals surface area contributed by atoms with Crippen LogP contribution in [-0.4, -0.2) is 22.0 Å². The number of carbonyl (C=O) groups excluding carboxylic acids is 1. The molecule has 1 aromatic heterocycles. The fourth-order valence-electron chi connectivity index (χ4n) is 1.76. The third-order valence-electron chi connectivity index (χ3n) is 2.78. The van der Waals surface area contributed by atoms with Crippen molar-refractivity contribution < 1.29 is 14.7 Å². The summed E-state index contributed by atoms with van der Waals surface area (Å²) in [7, 11) is 0. The van der Waals surface area contributed by atoms with Crippen LogP contribution in [0.2, 0.25) is 0 Å². The van der Waals surface area contributed by atoms with E-state index in [-0.39, 0.29) is 5.91 Å². The van der Waals surface area contributed by atoms with Crippen LogP contribution < -0.4 is 5.32 Å². The van der Waals surface area contributed by atoms with Crippen LogP contribution in [0.4, 0.5) is 5.69 Å². The Morgan fingerprint density at radius 3 is 2.67 bits per heavy atom. The first-order valence-corrected chi connectivity index (χ1v) is 7.03. The smallest absolute Gasteiger partial charge is 0.328 e. The summed E-state index contributed by atoms with van der Waals surface area (Å²) in [5, 5.41) is 12.3. The van der Waals surface area contributed by atoms with Crippen molar-refractivity contribution in [3.05, 3.63) is 51.5 Å². The summed E-state index contributed by atoms with van der Waals surface area (Å²) in [6.07, 6.45) is 4.16. The van der Waals surface area contributed by atoms with Gasteiger partial charge in [0.1, 0.15) is 4.88 Å². The summed E-state index contributed by atoms with van der Waals surface area (Å²) in [6.45, 7) is 3.70. The maximum absolute atomic E-state index is 12.0. The highest BCUT2D eigenvalue weighted by molar-refractivity contribution is 7.13. The SMILES string of the molecule is Cc1ncc(C(=O)Nc2ccc(/C=C/C(=O)O)c(C)c2)s1. The lowest BCUT2D eigenvalue weighted by atomic mass is 10.1. The van der Waals surface area contributed by atoms with E-state index in [0.717, 1.165) is 22.2 Å². The molecule has 0 aliphatic heterocycles. The second-order valence-electron chi connectivity index (χ2n) is 4.44. The Morgan fingerprint density at radius 2 is 2.10 bits per heavy atom. The lowest BCUT2D eigenvalue weighted by molar-refractivity contribution is -0.131. The highest BCUT2D eigenvalue weighted by atomic mass is 32.1. The van der Waals surface area contributed by atoms with Gasteiger partial charge in [-0.3, -0.25) is 4.79 Å². The molecule has 0 fully saturated rings. The van der Waals surface area contributed by atoms with E-state index in [2.05, 4.69) is 10.3 Å². The zero-order valence-corrected chi connectivity index (χ0v) is 12.4. The molecule has 1 aromatic carbocycles. The summed E-state index contributed by atoms with van der Waals surface area (Å²) in [5.74, 6) is -1.19. The van der Waals surface area contributed by atoms with E-state index >= 15 is 0 Å². The van der Waals surface area contributed by atoms with E-state index in [1.165, 1.54) is 17.4 Å². The molecule has 0 bridgehead atoms. The summed E-state index contributed by atoms with van der Waals surface area (Å²) < 4.78 is 0. The van der Waals surface area contributed by atoms with E-state index in [9.17, 15) is 9.59 Å². The molecular formula is C15H14N2O3S. The minimum atomic E-state index is -0.993. The lowest BCUT2D eigenvalue weighted by Crippen LogP contribution is -2.10. The molecule has 1 heterocycles. The number of nitrogens with one attached hydrogen (secondary N) is 1. The number of thiazole rings is 1. The van der Waals surface area contributed by atoms with E-state index < -0.39 is 5.97 Å². The van der Waals surface area contributed by atoms with Gasteiger partial charge in [-0.1, -0.05) is 6.07 Å². The van der Waals surface area contributed by atoms with Crippen molar-refractivity contribution >= 4 is 35.0 Å². The third kappa shape index (κ3) is 4.00. The molecule has 0 unspecified atom stereocenters. The van der Waals surface area contributed by atoms with Crippen LogP contribution in [0.25, 0.3) is 6.08 Å². The van der Waals surface area contributed by atoms with E-state index in [0.29, 0.717) is 10.6 Å². The molecule has 108 valence electrons. The van der Waals surface area contributed by atoms with E-state index in [1.807, 2.05) is 13.8 Å². The van der Waals surface area contributed by atoms with Gasteiger partial charge < -0.3 is 10.4 Å². The number of carboxylic acid groups (broad SMARTS) is 1. The number of hydrogen-bond donors (Lipinski definition) is 2. The first-order valence-electron chi connectivity index (χ1n) is 6.21. The minimum absolute atomic E-state index is 0.200. The van der Waals surface area contributed by atoms with Gasteiger partial charge in [0.15, 0.2) is 0 Å². The Morgan fingerprint density at radius 1 is 1.33 bits per heavy atom. The molecule has 1 amide bonds. The first-order chi connectivity index (χ1) is 9.95. The largest absolute Gasteiger partial charge is 0.478 e.